The van der Waals surface area contributed by atoms with E-state index in [0.29, 0.717) is 5.92 Å². The van der Waals surface area contributed by atoms with E-state index in [0.717, 1.165) is 28.9 Å². The van der Waals surface area contributed by atoms with Crippen molar-refractivity contribution in [3.05, 3.63) is 52.6 Å². The normalized spacial score (nSPS) is 21.1. The first kappa shape index (κ1) is 15.7. The van der Waals surface area contributed by atoms with Crippen molar-refractivity contribution < 1.29 is 9.18 Å². The second-order valence-electron chi connectivity index (χ2n) is 6.44. The molecule has 3 atom stereocenters. The van der Waals surface area contributed by atoms with Crippen LogP contribution in [0.25, 0.3) is 0 Å². The minimum absolute atomic E-state index is 0.0267. The number of halogens is 1. The molecule has 0 spiro atoms. The quantitative estimate of drug-likeness (QED) is 0.943. The Morgan fingerprint density at radius 2 is 2.00 bits per heavy atom. The lowest BCUT2D eigenvalue weighted by molar-refractivity contribution is -0.122. The summed E-state index contributed by atoms with van der Waals surface area (Å²) in [5.74, 6) is -0.133. The molecule has 2 aromatic rings. The fraction of sp³-hybridized carbons (Fsp3) is 0.444. The Morgan fingerprint density at radius 1 is 1.35 bits per heavy atom. The summed E-state index contributed by atoms with van der Waals surface area (Å²) in [4.78, 5) is 12.5. The molecule has 1 saturated carbocycles. The van der Waals surface area contributed by atoms with Crippen LogP contribution in [0.2, 0.25) is 0 Å². The van der Waals surface area contributed by atoms with Crippen LogP contribution in [0.5, 0.6) is 0 Å². The first-order valence-electron chi connectivity index (χ1n) is 7.94. The molecule has 0 aliphatic heterocycles. The van der Waals surface area contributed by atoms with Gasteiger partial charge in [0, 0.05) is 30.3 Å². The Bertz CT molecular complexity index is 735. The van der Waals surface area contributed by atoms with Crippen molar-refractivity contribution in [2.75, 3.05) is 0 Å². The van der Waals surface area contributed by atoms with Crippen molar-refractivity contribution in [2.45, 2.75) is 45.1 Å². The van der Waals surface area contributed by atoms with Crippen LogP contribution in [-0.4, -0.2) is 21.7 Å². The molecule has 1 aliphatic rings. The van der Waals surface area contributed by atoms with E-state index in [-0.39, 0.29) is 23.7 Å². The number of carbonyl (C=O) groups is 1. The Hall–Kier alpha value is -2.17. The van der Waals surface area contributed by atoms with Crippen LogP contribution < -0.4 is 5.32 Å². The van der Waals surface area contributed by atoms with Crippen LogP contribution in [0.4, 0.5) is 4.39 Å². The van der Waals surface area contributed by atoms with E-state index in [1.165, 1.54) is 12.1 Å². The molecule has 1 N–H and O–H groups in total. The molecule has 1 aliphatic carbocycles. The van der Waals surface area contributed by atoms with Gasteiger partial charge in [0.1, 0.15) is 5.82 Å². The lowest BCUT2D eigenvalue weighted by Crippen LogP contribution is -2.31. The van der Waals surface area contributed by atoms with Crippen LogP contribution >= 0.6 is 0 Å². The minimum Gasteiger partial charge on any atom is -0.352 e. The summed E-state index contributed by atoms with van der Waals surface area (Å²) in [6.07, 6.45) is 0.912. The summed E-state index contributed by atoms with van der Waals surface area (Å²) in [5.41, 5.74) is 4.01. The molecule has 1 aromatic carbocycles. The van der Waals surface area contributed by atoms with Crippen LogP contribution in [0, 0.1) is 19.7 Å². The van der Waals surface area contributed by atoms with Gasteiger partial charge < -0.3 is 5.32 Å². The zero-order chi connectivity index (χ0) is 16.7. The monoisotopic (exact) mass is 315 g/mol. The van der Waals surface area contributed by atoms with Crippen molar-refractivity contribution in [1.82, 2.24) is 15.1 Å². The molecule has 5 heteroatoms. The van der Waals surface area contributed by atoms with Crippen molar-refractivity contribution in [2.24, 2.45) is 7.05 Å². The summed E-state index contributed by atoms with van der Waals surface area (Å²) >= 11 is 0. The summed E-state index contributed by atoms with van der Waals surface area (Å²) < 4.78 is 14.8. The van der Waals surface area contributed by atoms with E-state index < -0.39 is 0 Å². The third-order valence-corrected chi connectivity index (χ3v) is 4.81. The largest absolute Gasteiger partial charge is 0.352 e. The fourth-order valence-corrected chi connectivity index (χ4v) is 3.29. The Labute approximate surface area is 135 Å². The standard InChI is InChI=1S/C18H22FN3O/c1-10(17-11(2)21-22(4)12(17)3)18(23)20-16-9-15(16)13-5-7-14(19)8-6-13/h5-8,10,15-16H,9H2,1-4H3,(H,20,23). The third kappa shape index (κ3) is 3.00. The van der Waals surface area contributed by atoms with Gasteiger partial charge >= 0.3 is 0 Å². The fourth-order valence-electron chi connectivity index (χ4n) is 3.29. The molecule has 1 heterocycles. The topological polar surface area (TPSA) is 46.9 Å². The van der Waals surface area contributed by atoms with Gasteiger partial charge in [-0.1, -0.05) is 12.1 Å². The average molecular weight is 315 g/mol. The van der Waals surface area contributed by atoms with Gasteiger partial charge in [-0.2, -0.15) is 5.10 Å². The number of carbonyl (C=O) groups excluding carboxylic acids is 1. The van der Waals surface area contributed by atoms with Crippen molar-refractivity contribution >= 4 is 5.91 Å². The third-order valence-electron chi connectivity index (χ3n) is 4.81. The molecular formula is C18H22FN3O. The summed E-state index contributed by atoms with van der Waals surface area (Å²) in [6, 6.07) is 6.68. The zero-order valence-electron chi connectivity index (χ0n) is 13.9. The summed E-state index contributed by atoms with van der Waals surface area (Å²) in [5, 5.41) is 7.49. The van der Waals surface area contributed by atoms with Gasteiger partial charge in [-0.05, 0) is 44.9 Å². The lowest BCUT2D eigenvalue weighted by atomic mass is 9.98. The molecule has 3 unspecified atom stereocenters. The van der Waals surface area contributed by atoms with Gasteiger partial charge in [0.2, 0.25) is 5.91 Å². The van der Waals surface area contributed by atoms with E-state index >= 15 is 0 Å². The van der Waals surface area contributed by atoms with E-state index in [4.69, 9.17) is 0 Å². The van der Waals surface area contributed by atoms with Gasteiger partial charge in [-0.15, -0.1) is 0 Å². The molecule has 1 fully saturated rings. The molecule has 23 heavy (non-hydrogen) atoms. The maximum absolute atomic E-state index is 13.0. The first-order chi connectivity index (χ1) is 10.9. The highest BCUT2D eigenvalue weighted by Gasteiger charge is 2.40. The maximum atomic E-state index is 13.0. The molecule has 1 amide bonds. The number of benzene rings is 1. The van der Waals surface area contributed by atoms with Gasteiger partial charge in [0.15, 0.2) is 0 Å². The second-order valence-corrected chi connectivity index (χ2v) is 6.44. The predicted octanol–water partition coefficient (Wildman–Crippen LogP) is 2.95. The molecule has 0 bridgehead atoms. The van der Waals surface area contributed by atoms with Crippen molar-refractivity contribution in [3.63, 3.8) is 0 Å². The molecule has 0 saturated heterocycles. The molecule has 122 valence electrons. The molecule has 3 rings (SSSR count). The number of aryl methyl sites for hydroxylation is 2. The average Bonchev–Trinajstić information content (AvgIpc) is 3.21. The van der Waals surface area contributed by atoms with Crippen LogP contribution in [-0.2, 0) is 11.8 Å². The van der Waals surface area contributed by atoms with E-state index in [1.807, 2.05) is 32.5 Å². The van der Waals surface area contributed by atoms with Gasteiger partial charge in [0.25, 0.3) is 0 Å². The van der Waals surface area contributed by atoms with E-state index in [2.05, 4.69) is 10.4 Å². The highest BCUT2D eigenvalue weighted by Crippen LogP contribution is 2.41. The lowest BCUT2D eigenvalue weighted by Gasteiger charge is -2.13. The van der Waals surface area contributed by atoms with E-state index in [9.17, 15) is 9.18 Å². The number of nitrogens with zero attached hydrogens (tertiary/aromatic N) is 2. The van der Waals surface area contributed by atoms with Crippen molar-refractivity contribution in [1.29, 1.82) is 0 Å². The number of nitrogens with one attached hydrogen (secondary N) is 1. The van der Waals surface area contributed by atoms with Crippen LogP contribution in [0.3, 0.4) is 0 Å². The Morgan fingerprint density at radius 3 is 2.57 bits per heavy atom. The number of rotatable bonds is 4. The second kappa shape index (κ2) is 5.80. The Kier molecular flexibility index (Phi) is 3.96. The predicted molar refractivity (Wildman–Crippen MR) is 86.8 cm³/mol. The van der Waals surface area contributed by atoms with Crippen LogP contribution in [0.15, 0.2) is 24.3 Å². The highest BCUT2D eigenvalue weighted by atomic mass is 19.1. The summed E-state index contributed by atoms with van der Waals surface area (Å²) in [6.45, 7) is 5.84. The number of hydrogen-bond donors (Lipinski definition) is 1. The Balaban J connectivity index is 1.65. The molecule has 1 aromatic heterocycles. The van der Waals surface area contributed by atoms with Crippen molar-refractivity contribution in [3.8, 4) is 0 Å². The zero-order valence-corrected chi connectivity index (χ0v) is 13.9. The van der Waals surface area contributed by atoms with Gasteiger partial charge in [-0.25, -0.2) is 4.39 Å². The van der Waals surface area contributed by atoms with Gasteiger partial charge in [-0.3, -0.25) is 9.48 Å². The minimum atomic E-state index is -0.230. The number of amides is 1. The first-order valence-corrected chi connectivity index (χ1v) is 7.94. The van der Waals surface area contributed by atoms with E-state index in [1.54, 1.807) is 12.1 Å². The SMILES string of the molecule is Cc1nn(C)c(C)c1C(C)C(=O)NC1CC1c1ccc(F)cc1. The number of hydrogen-bond acceptors (Lipinski definition) is 2. The highest BCUT2D eigenvalue weighted by molar-refractivity contribution is 5.84. The number of aromatic nitrogens is 2. The maximum Gasteiger partial charge on any atom is 0.227 e. The molecular weight excluding hydrogens is 293 g/mol. The summed E-state index contributed by atoms with van der Waals surface area (Å²) in [7, 11) is 1.89. The smallest absolute Gasteiger partial charge is 0.227 e. The molecule has 4 nitrogen and oxygen atoms in total. The molecule has 0 radical (unpaired) electrons. The van der Waals surface area contributed by atoms with Gasteiger partial charge in [0.05, 0.1) is 11.6 Å². The van der Waals surface area contributed by atoms with Crippen LogP contribution in [0.1, 0.15) is 47.7 Å².